The lowest BCUT2D eigenvalue weighted by Crippen LogP contribution is -2.54. The van der Waals surface area contributed by atoms with Crippen LogP contribution < -0.4 is 29.3 Å². The quantitative estimate of drug-likeness (QED) is 0.0697. The molecule has 18 heteroatoms. The van der Waals surface area contributed by atoms with E-state index in [4.69, 9.17) is 42.1 Å². The number of hydrogen-bond acceptors (Lipinski definition) is 11. The SMILES string of the molecule is COc1ccc(OC)c(C=Cc2ccc(N3C(=O)[C@H]4[C@H](CC=C5[C@H]4C[C@H]4C(=O)N(Nc6ncc(C(F)(F)F)cc6Cl)C(=O)[C@@]4(c4ccc(Cl)cc4)[C@H]5C=Cc4cc(OC)c(O)c(OC)c4)C3=O)cc2)c1. The summed E-state index contributed by atoms with van der Waals surface area (Å²) < 4.78 is 62.6. The third kappa shape index (κ3) is 8.07. The number of ether oxygens (including phenoxy) is 4. The molecule has 0 radical (unpaired) electrons. The molecule has 1 aromatic heterocycles. The summed E-state index contributed by atoms with van der Waals surface area (Å²) in [5.74, 6) is -6.37. The van der Waals surface area contributed by atoms with Crippen LogP contribution in [0.4, 0.5) is 24.7 Å². The third-order valence-corrected chi connectivity index (χ3v) is 14.2. The Balaban J connectivity index is 1.13. The fraction of sp³-hybridized carbons (Fsp3) is 0.250. The fourth-order valence-corrected chi connectivity index (χ4v) is 10.7. The molecule has 0 bridgehead atoms. The molecule has 70 heavy (non-hydrogen) atoms. The maximum Gasteiger partial charge on any atom is 0.417 e. The van der Waals surface area contributed by atoms with Crippen molar-refractivity contribution >= 4 is 76.6 Å². The summed E-state index contributed by atoms with van der Waals surface area (Å²) in [6, 6.07) is 22.5. The second-order valence-electron chi connectivity index (χ2n) is 17.1. The largest absolute Gasteiger partial charge is 0.502 e. The van der Waals surface area contributed by atoms with Gasteiger partial charge in [-0.25, -0.2) is 4.98 Å². The number of imide groups is 2. The highest BCUT2D eigenvalue weighted by Crippen LogP contribution is 2.62. The van der Waals surface area contributed by atoms with Gasteiger partial charge in [0.25, 0.3) is 11.8 Å². The van der Waals surface area contributed by atoms with E-state index in [9.17, 15) is 27.9 Å². The smallest absolute Gasteiger partial charge is 0.417 e. The number of nitrogens with one attached hydrogen (secondary N) is 1. The van der Waals surface area contributed by atoms with Gasteiger partial charge in [0.2, 0.25) is 17.6 Å². The average Bonchev–Trinajstić information content (AvgIpc) is 3.73. The minimum atomic E-state index is -4.78. The summed E-state index contributed by atoms with van der Waals surface area (Å²) >= 11 is 12.7. The number of pyridine rings is 1. The Morgan fingerprint density at radius 3 is 2.09 bits per heavy atom. The molecule has 2 aliphatic heterocycles. The van der Waals surface area contributed by atoms with E-state index in [1.807, 2.05) is 24.3 Å². The molecule has 13 nitrogen and oxygen atoms in total. The number of benzene rings is 4. The van der Waals surface area contributed by atoms with E-state index < -0.39 is 75.4 Å². The summed E-state index contributed by atoms with van der Waals surface area (Å²) in [7, 11) is 5.88. The van der Waals surface area contributed by atoms with Crippen LogP contribution in [0.1, 0.15) is 40.7 Å². The molecule has 1 saturated carbocycles. The molecule has 3 fully saturated rings. The van der Waals surface area contributed by atoms with Gasteiger partial charge in [-0.1, -0.05) is 83.4 Å². The number of anilines is 2. The lowest BCUT2D eigenvalue weighted by molar-refractivity contribution is -0.139. The maximum atomic E-state index is 15.5. The van der Waals surface area contributed by atoms with Crippen LogP contribution in [0.15, 0.2) is 109 Å². The molecule has 2 saturated heterocycles. The summed E-state index contributed by atoms with van der Waals surface area (Å²) in [5.41, 5.74) is 3.08. The normalized spacial score (nSPS) is 23.1. The molecule has 2 aliphatic carbocycles. The molecule has 9 rings (SSSR count). The number of alkyl halides is 3. The van der Waals surface area contributed by atoms with Crippen LogP contribution in [0.2, 0.25) is 10.0 Å². The van der Waals surface area contributed by atoms with Gasteiger partial charge in [0.05, 0.1) is 67.9 Å². The zero-order chi connectivity index (χ0) is 49.8. The van der Waals surface area contributed by atoms with Crippen LogP contribution in [0.3, 0.4) is 0 Å². The molecular formula is C52H43Cl2F3N4O9. The maximum absolute atomic E-state index is 15.5. The standard InChI is InChI=1S/C52H43Cl2F3N4O9/c1-67-34-16-20-41(68-2)29(23-34)9-5-27-6-14-33(15-7-27)60-47(63)36-18-17-35-37(44(36)49(60)65)25-39-48(64)61(59-46-40(54)24-31(26-58-46)52(55,56)57)50(66)51(39,30-10-12-32(53)13-11-30)38(35)19-8-28-21-42(69-3)45(62)43(22-28)70-4/h5-17,19-24,26,36-39,44,62H,18,25H2,1-4H3,(H,58,59)/t36-,37+,38-,39-,44-,51-/m0/s1. The highest BCUT2D eigenvalue weighted by Gasteiger charge is 2.69. The van der Waals surface area contributed by atoms with Crippen molar-refractivity contribution in [3.05, 3.63) is 147 Å². The van der Waals surface area contributed by atoms with Crippen molar-refractivity contribution in [3.8, 4) is 28.7 Å². The first-order chi connectivity index (χ1) is 33.5. The van der Waals surface area contributed by atoms with Crippen LogP contribution >= 0.6 is 23.2 Å². The van der Waals surface area contributed by atoms with Gasteiger partial charge in [-0.3, -0.25) is 29.5 Å². The second-order valence-corrected chi connectivity index (χ2v) is 18.0. The molecular weight excluding hydrogens is 952 g/mol. The van der Waals surface area contributed by atoms with Crippen LogP contribution in [0.5, 0.6) is 28.7 Å². The number of nitrogens with zero attached hydrogens (tertiary/aromatic N) is 3. The Hall–Kier alpha value is -7.30. The van der Waals surface area contributed by atoms with Crippen molar-refractivity contribution in [1.29, 1.82) is 0 Å². The van der Waals surface area contributed by atoms with E-state index in [0.29, 0.717) is 51.2 Å². The van der Waals surface area contributed by atoms with E-state index in [1.54, 1.807) is 99.2 Å². The van der Waals surface area contributed by atoms with Crippen molar-refractivity contribution in [3.63, 3.8) is 0 Å². The molecule has 6 atom stereocenters. The number of phenols is 1. The molecule has 4 amide bonds. The van der Waals surface area contributed by atoms with E-state index in [-0.39, 0.29) is 35.9 Å². The number of hydrazine groups is 1. The van der Waals surface area contributed by atoms with Crippen molar-refractivity contribution in [2.45, 2.75) is 24.4 Å². The number of carbonyl (C=O) groups excluding carboxylic acids is 4. The Morgan fingerprint density at radius 1 is 0.771 bits per heavy atom. The number of methoxy groups -OCH3 is 4. The summed E-state index contributed by atoms with van der Waals surface area (Å²) in [4.78, 5) is 65.0. The first-order valence-corrected chi connectivity index (χ1v) is 22.6. The van der Waals surface area contributed by atoms with Crippen molar-refractivity contribution in [1.82, 2.24) is 9.99 Å². The number of aromatic nitrogens is 1. The number of hydrogen-bond donors (Lipinski definition) is 2. The number of allylic oxidation sites excluding steroid dienone is 3. The Labute approximate surface area is 409 Å². The highest BCUT2D eigenvalue weighted by molar-refractivity contribution is 6.33. The number of halogens is 5. The Bertz CT molecular complexity index is 3010. The zero-order valence-corrected chi connectivity index (χ0v) is 39.3. The molecule has 3 heterocycles. The van der Waals surface area contributed by atoms with Gasteiger partial charge in [-0.05, 0) is 96.1 Å². The van der Waals surface area contributed by atoms with E-state index in [0.717, 1.165) is 16.1 Å². The van der Waals surface area contributed by atoms with Crippen molar-refractivity contribution in [2.75, 3.05) is 38.8 Å². The van der Waals surface area contributed by atoms with Crippen molar-refractivity contribution < 1.29 is 56.4 Å². The fourth-order valence-electron chi connectivity index (χ4n) is 10.4. The number of amides is 4. The predicted molar refractivity (Wildman–Crippen MR) is 255 cm³/mol. The molecule has 4 aromatic carbocycles. The second kappa shape index (κ2) is 18.6. The first kappa shape index (κ1) is 47.8. The number of aromatic hydroxyl groups is 1. The van der Waals surface area contributed by atoms with Crippen molar-refractivity contribution in [2.24, 2.45) is 29.6 Å². The van der Waals surface area contributed by atoms with Gasteiger partial charge >= 0.3 is 6.18 Å². The van der Waals surface area contributed by atoms with E-state index in [1.165, 1.54) is 19.1 Å². The molecule has 0 unspecified atom stereocenters. The molecule has 4 aliphatic rings. The summed E-state index contributed by atoms with van der Waals surface area (Å²) in [6.07, 6.45) is 4.79. The van der Waals surface area contributed by atoms with Gasteiger partial charge < -0.3 is 24.1 Å². The summed E-state index contributed by atoms with van der Waals surface area (Å²) in [5, 5.41) is 11.3. The minimum absolute atomic E-state index is 0.0813. The molecule has 360 valence electrons. The Morgan fingerprint density at radius 2 is 1.46 bits per heavy atom. The lowest BCUT2D eigenvalue weighted by Gasteiger charge is -2.49. The van der Waals surface area contributed by atoms with Crippen LogP contribution in [0, 0.1) is 29.6 Å². The van der Waals surface area contributed by atoms with Crippen LogP contribution in [-0.2, 0) is 30.8 Å². The average molecular weight is 996 g/mol. The van der Waals surface area contributed by atoms with Gasteiger partial charge in [-0.2, -0.15) is 18.2 Å². The monoisotopic (exact) mass is 994 g/mol. The topological polar surface area (TPSA) is 157 Å². The number of carbonyl (C=O) groups is 4. The highest BCUT2D eigenvalue weighted by atomic mass is 35.5. The van der Waals surface area contributed by atoms with Crippen LogP contribution in [0.25, 0.3) is 18.2 Å². The predicted octanol–water partition coefficient (Wildman–Crippen LogP) is 10.1. The van der Waals surface area contributed by atoms with Gasteiger partial charge in [0, 0.05) is 22.7 Å². The summed E-state index contributed by atoms with van der Waals surface area (Å²) in [6.45, 7) is 0. The number of phenolic OH excluding ortho intramolecular Hbond substituents is 1. The third-order valence-electron chi connectivity index (χ3n) is 13.6. The first-order valence-electron chi connectivity index (χ1n) is 21.9. The zero-order valence-electron chi connectivity index (χ0n) is 37.8. The van der Waals surface area contributed by atoms with E-state index >= 15 is 9.59 Å². The van der Waals surface area contributed by atoms with E-state index in [2.05, 4.69) is 10.4 Å². The van der Waals surface area contributed by atoms with Gasteiger partial charge in [-0.15, -0.1) is 0 Å². The van der Waals surface area contributed by atoms with Gasteiger partial charge in [0.1, 0.15) is 11.5 Å². The minimum Gasteiger partial charge on any atom is -0.502 e. The molecule has 5 aromatic rings. The Kier molecular flexibility index (Phi) is 12.7. The number of rotatable bonds is 12. The number of fused-ring (bicyclic) bond motifs is 4. The van der Waals surface area contributed by atoms with Gasteiger partial charge in [0.15, 0.2) is 17.3 Å². The molecule has 2 N–H and O–H groups in total. The molecule has 0 spiro atoms. The van der Waals surface area contributed by atoms with Crippen LogP contribution in [-0.4, -0.2) is 67.2 Å². The lowest BCUT2D eigenvalue weighted by atomic mass is 9.50.